The molecule has 28 heavy (non-hydrogen) atoms. The van der Waals surface area contributed by atoms with Gasteiger partial charge >= 0.3 is 5.97 Å². The van der Waals surface area contributed by atoms with E-state index in [1.807, 2.05) is 30.3 Å². The normalized spacial score (nSPS) is 11.3. The van der Waals surface area contributed by atoms with Crippen LogP contribution >= 0.6 is 12.2 Å². The van der Waals surface area contributed by atoms with Gasteiger partial charge in [0.05, 0.1) is 0 Å². The van der Waals surface area contributed by atoms with Crippen LogP contribution in [0, 0.1) is 0 Å². The molecular weight excluding hydrogens is 374 g/mol. The van der Waals surface area contributed by atoms with Crippen molar-refractivity contribution in [3.05, 3.63) is 71.8 Å². The Balaban J connectivity index is 1.64. The van der Waals surface area contributed by atoms with Gasteiger partial charge in [-0.05, 0) is 49.2 Å². The first-order valence-electron chi connectivity index (χ1n) is 9.20. The number of carbonyl (C=O) groups is 2. The lowest BCUT2D eigenvalue weighted by atomic mass is 10.1. The molecule has 0 aliphatic heterocycles. The molecule has 1 amide bonds. The van der Waals surface area contributed by atoms with Crippen LogP contribution in [0.25, 0.3) is 0 Å². The fraction of sp³-hybridized carbons (Fsp3) is 0.286. The Kier molecular flexibility index (Phi) is 8.94. The molecule has 2 rings (SSSR count). The summed E-state index contributed by atoms with van der Waals surface area (Å²) in [5.74, 6) is -1.41. The predicted octanol–water partition coefficient (Wildman–Crippen LogP) is 2.70. The van der Waals surface area contributed by atoms with Crippen molar-refractivity contribution in [3.63, 3.8) is 0 Å². The summed E-state index contributed by atoms with van der Waals surface area (Å²) in [7, 11) is 0. The Bertz CT molecular complexity index is 769. The number of thiocarbonyl (C=S) groups is 1. The highest BCUT2D eigenvalue weighted by Gasteiger charge is 2.19. The molecule has 148 valence electrons. The average Bonchev–Trinajstić information content (AvgIpc) is 2.72. The summed E-state index contributed by atoms with van der Waals surface area (Å²) in [4.78, 5) is 23.5. The molecule has 0 aliphatic rings. The lowest BCUT2D eigenvalue weighted by Crippen LogP contribution is -2.41. The zero-order valence-corrected chi connectivity index (χ0v) is 16.4. The first kappa shape index (κ1) is 21.4. The smallest absolute Gasteiger partial charge is 0.326 e. The van der Waals surface area contributed by atoms with E-state index in [-0.39, 0.29) is 5.91 Å². The van der Waals surface area contributed by atoms with Gasteiger partial charge in [-0.1, -0.05) is 48.5 Å². The van der Waals surface area contributed by atoms with Gasteiger partial charge in [-0.25, -0.2) is 4.79 Å². The largest absolute Gasteiger partial charge is 0.480 e. The predicted molar refractivity (Wildman–Crippen MR) is 113 cm³/mol. The van der Waals surface area contributed by atoms with Crippen molar-refractivity contribution in [1.82, 2.24) is 16.0 Å². The molecule has 1 atom stereocenters. The molecule has 6 nitrogen and oxygen atoms in total. The van der Waals surface area contributed by atoms with Crippen molar-refractivity contribution in [3.8, 4) is 0 Å². The molecule has 2 aromatic rings. The van der Waals surface area contributed by atoms with Gasteiger partial charge in [0.25, 0.3) is 5.91 Å². The lowest BCUT2D eigenvalue weighted by molar-refractivity contribution is -0.139. The average molecular weight is 400 g/mol. The van der Waals surface area contributed by atoms with Crippen molar-refractivity contribution < 1.29 is 14.7 Å². The van der Waals surface area contributed by atoms with Gasteiger partial charge in [-0.3, -0.25) is 4.79 Å². The van der Waals surface area contributed by atoms with Gasteiger partial charge in [0.15, 0.2) is 5.11 Å². The number of aliphatic carboxylic acids is 1. The van der Waals surface area contributed by atoms with E-state index in [1.165, 1.54) is 0 Å². The van der Waals surface area contributed by atoms with Crippen LogP contribution in [0.15, 0.2) is 60.7 Å². The molecule has 0 unspecified atom stereocenters. The number of unbranched alkanes of at least 4 members (excludes halogenated alkanes) is 1. The summed E-state index contributed by atoms with van der Waals surface area (Å²) in [6.45, 7) is 1.29. The number of rotatable bonds is 10. The standard InChI is InChI=1S/C21H25N3O3S/c25-19(17-11-5-2-6-12-17)24-18(20(26)27)13-7-8-14-22-21(28)23-15-16-9-3-1-4-10-16/h1-6,9-12,18H,7-8,13-15H2,(H,24,25)(H,26,27)(H2,22,23,28)/t18-/m0/s1. The van der Waals surface area contributed by atoms with Gasteiger partial charge in [-0.15, -0.1) is 0 Å². The monoisotopic (exact) mass is 399 g/mol. The Morgan fingerprint density at radius 3 is 2.21 bits per heavy atom. The number of amides is 1. The summed E-state index contributed by atoms with van der Waals surface area (Å²) >= 11 is 5.23. The molecule has 0 saturated carbocycles. The minimum atomic E-state index is -1.03. The fourth-order valence-corrected chi connectivity index (χ4v) is 2.78. The molecule has 0 spiro atoms. The van der Waals surface area contributed by atoms with Crippen LogP contribution in [0.2, 0.25) is 0 Å². The second-order valence-electron chi connectivity index (χ2n) is 6.32. The van der Waals surface area contributed by atoms with Crippen molar-refractivity contribution in [1.29, 1.82) is 0 Å². The lowest BCUT2D eigenvalue weighted by Gasteiger charge is -2.15. The van der Waals surface area contributed by atoms with Gasteiger partial charge in [0.2, 0.25) is 0 Å². The molecule has 0 radical (unpaired) electrons. The van der Waals surface area contributed by atoms with E-state index >= 15 is 0 Å². The van der Waals surface area contributed by atoms with Crippen LogP contribution in [-0.2, 0) is 11.3 Å². The molecule has 0 saturated heterocycles. The van der Waals surface area contributed by atoms with E-state index in [1.54, 1.807) is 30.3 Å². The maximum atomic E-state index is 12.1. The third-order valence-electron chi connectivity index (χ3n) is 4.14. The quantitative estimate of drug-likeness (QED) is 0.363. The molecule has 0 bridgehead atoms. The van der Waals surface area contributed by atoms with Crippen molar-refractivity contribution >= 4 is 29.2 Å². The molecule has 0 aliphatic carbocycles. The van der Waals surface area contributed by atoms with Crippen LogP contribution in [-0.4, -0.2) is 34.7 Å². The second-order valence-corrected chi connectivity index (χ2v) is 6.73. The Hall–Kier alpha value is -2.93. The van der Waals surface area contributed by atoms with Gasteiger partial charge in [0.1, 0.15) is 6.04 Å². The number of hydrogen-bond acceptors (Lipinski definition) is 3. The van der Waals surface area contributed by atoms with Crippen LogP contribution in [0.5, 0.6) is 0 Å². The number of benzene rings is 2. The molecular formula is C21H25N3O3S. The van der Waals surface area contributed by atoms with Crippen LogP contribution in [0.4, 0.5) is 0 Å². The van der Waals surface area contributed by atoms with Gasteiger partial charge < -0.3 is 21.1 Å². The van der Waals surface area contributed by atoms with Crippen LogP contribution in [0.1, 0.15) is 35.2 Å². The molecule has 0 fully saturated rings. The molecule has 2 aromatic carbocycles. The summed E-state index contributed by atoms with van der Waals surface area (Å²) in [5.41, 5.74) is 1.59. The first-order chi connectivity index (χ1) is 13.6. The minimum Gasteiger partial charge on any atom is -0.480 e. The molecule has 7 heteroatoms. The number of carbonyl (C=O) groups excluding carboxylic acids is 1. The van der Waals surface area contributed by atoms with E-state index < -0.39 is 12.0 Å². The third-order valence-corrected chi connectivity index (χ3v) is 4.43. The summed E-state index contributed by atoms with van der Waals surface area (Å²) in [6, 6.07) is 17.6. The Morgan fingerprint density at radius 2 is 1.57 bits per heavy atom. The van der Waals surface area contributed by atoms with E-state index in [2.05, 4.69) is 16.0 Å². The Morgan fingerprint density at radius 1 is 0.929 bits per heavy atom. The highest BCUT2D eigenvalue weighted by molar-refractivity contribution is 7.80. The van der Waals surface area contributed by atoms with E-state index in [9.17, 15) is 14.7 Å². The highest BCUT2D eigenvalue weighted by Crippen LogP contribution is 2.04. The summed E-state index contributed by atoms with van der Waals surface area (Å²) in [6.07, 6.45) is 1.76. The fourth-order valence-electron chi connectivity index (χ4n) is 2.60. The molecule has 0 heterocycles. The second kappa shape index (κ2) is 11.7. The number of hydrogen-bond donors (Lipinski definition) is 4. The van der Waals surface area contributed by atoms with Crippen molar-refractivity contribution in [2.75, 3.05) is 6.54 Å². The van der Waals surface area contributed by atoms with E-state index in [0.29, 0.717) is 36.6 Å². The maximum absolute atomic E-state index is 12.1. The van der Waals surface area contributed by atoms with Gasteiger partial charge in [-0.2, -0.15) is 0 Å². The number of nitrogens with one attached hydrogen (secondary N) is 3. The van der Waals surface area contributed by atoms with Crippen molar-refractivity contribution in [2.45, 2.75) is 31.8 Å². The van der Waals surface area contributed by atoms with Crippen LogP contribution in [0.3, 0.4) is 0 Å². The third kappa shape index (κ3) is 7.75. The first-order valence-corrected chi connectivity index (χ1v) is 9.61. The molecule has 0 aromatic heterocycles. The Labute approximate surface area is 170 Å². The van der Waals surface area contributed by atoms with Crippen LogP contribution < -0.4 is 16.0 Å². The minimum absolute atomic E-state index is 0.361. The maximum Gasteiger partial charge on any atom is 0.326 e. The summed E-state index contributed by atoms with van der Waals surface area (Å²) < 4.78 is 0. The summed E-state index contributed by atoms with van der Waals surface area (Å²) in [5, 5.41) is 18.7. The van der Waals surface area contributed by atoms with Crippen molar-refractivity contribution in [2.24, 2.45) is 0 Å². The zero-order chi connectivity index (χ0) is 20.2. The van der Waals surface area contributed by atoms with E-state index in [0.717, 1.165) is 12.0 Å². The molecule has 4 N–H and O–H groups in total. The highest BCUT2D eigenvalue weighted by atomic mass is 32.1. The topological polar surface area (TPSA) is 90.5 Å². The number of carboxylic acids is 1. The zero-order valence-electron chi connectivity index (χ0n) is 15.6. The van der Waals surface area contributed by atoms with Gasteiger partial charge in [0, 0.05) is 18.7 Å². The SMILES string of the molecule is O=C(N[C@@H](CCCCNC(=S)NCc1ccccc1)C(=O)O)c1ccccc1. The number of carboxylic acid groups (broad SMARTS) is 1. The van der Waals surface area contributed by atoms with E-state index in [4.69, 9.17) is 12.2 Å².